The number of nitrogens with zero attached hydrogens (tertiary/aromatic N) is 3. The minimum absolute atomic E-state index is 0.244. The molecule has 1 N–H and O–H groups in total. The van der Waals surface area contributed by atoms with Gasteiger partial charge in [0.25, 0.3) is 5.56 Å². The van der Waals surface area contributed by atoms with Crippen molar-refractivity contribution in [2.45, 2.75) is 25.7 Å². The van der Waals surface area contributed by atoms with E-state index in [1.807, 2.05) is 23.1 Å². The second-order valence-electron chi connectivity index (χ2n) is 8.32. The molecule has 1 atom stereocenters. The predicted octanol–water partition coefficient (Wildman–Crippen LogP) is 0.783. The Kier molecular flexibility index (Phi) is 5.41. The number of carbonyl (C=O) groups excluding carboxylic acids is 1. The lowest BCUT2D eigenvalue weighted by molar-refractivity contribution is -0.135. The molecule has 2 aromatic rings. The Morgan fingerprint density at radius 2 is 1.76 bits per heavy atom. The summed E-state index contributed by atoms with van der Waals surface area (Å²) in [5.74, 6) is 0.288. The number of nitrogens with one attached hydrogen (secondary N) is 1. The van der Waals surface area contributed by atoms with Gasteiger partial charge in [0.1, 0.15) is 0 Å². The highest BCUT2D eigenvalue weighted by Gasteiger charge is 2.50. The van der Waals surface area contributed by atoms with E-state index in [1.54, 1.807) is 0 Å². The Balaban J connectivity index is 1.33. The predicted molar refractivity (Wildman–Crippen MR) is 111 cm³/mol. The Bertz CT molecular complexity index is 997. The number of amides is 1. The third-order valence-corrected chi connectivity index (χ3v) is 6.50. The van der Waals surface area contributed by atoms with Gasteiger partial charge in [0, 0.05) is 45.0 Å². The molecule has 1 aromatic heterocycles. The SMILES string of the molecule is Cn1c(=O)[nH]cc(CCN2CCC3(CCN(CCc4ccccc4)C3=O)C2)c1=O. The maximum atomic E-state index is 13.1. The molecule has 7 nitrogen and oxygen atoms in total. The van der Waals surface area contributed by atoms with Crippen LogP contribution < -0.4 is 11.2 Å². The van der Waals surface area contributed by atoms with Crippen molar-refractivity contribution < 1.29 is 4.79 Å². The molecule has 0 radical (unpaired) electrons. The zero-order valence-electron chi connectivity index (χ0n) is 16.9. The lowest BCUT2D eigenvalue weighted by Gasteiger charge is -2.24. The van der Waals surface area contributed by atoms with Crippen LogP contribution in [-0.2, 0) is 24.7 Å². The lowest BCUT2D eigenvalue weighted by atomic mass is 9.85. The summed E-state index contributed by atoms with van der Waals surface area (Å²) in [6.07, 6.45) is 4.78. The average Bonchev–Trinajstić information content (AvgIpc) is 3.29. The maximum Gasteiger partial charge on any atom is 0.328 e. The summed E-state index contributed by atoms with van der Waals surface area (Å²) in [6.45, 7) is 3.97. The molecule has 1 aromatic carbocycles. The van der Waals surface area contributed by atoms with E-state index in [4.69, 9.17) is 0 Å². The molecule has 2 fully saturated rings. The van der Waals surface area contributed by atoms with Gasteiger partial charge in [0.05, 0.1) is 5.41 Å². The molecule has 1 amide bonds. The first-order valence-corrected chi connectivity index (χ1v) is 10.3. The van der Waals surface area contributed by atoms with Crippen LogP contribution in [0.2, 0.25) is 0 Å². The summed E-state index contributed by atoms with van der Waals surface area (Å²) >= 11 is 0. The van der Waals surface area contributed by atoms with Gasteiger partial charge in [-0.25, -0.2) is 4.79 Å². The zero-order chi connectivity index (χ0) is 20.4. The van der Waals surface area contributed by atoms with Crippen molar-refractivity contribution in [2.24, 2.45) is 12.5 Å². The van der Waals surface area contributed by atoms with Crippen LogP contribution in [0.3, 0.4) is 0 Å². The van der Waals surface area contributed by atoms with Crippen molar-refractivity contribution in [3.63, 3.8) is 0 Å². The molecule has 2 aliphatic rings. The normalized spacial score (nSPS) is 22.1. The van der Waals surface area contributed by atoms with Crippen LogP contribution >= 0.6 is 0 Å². The van der Waals surface area contributed by atoms with Gasteiger partial charge in [0.2, 0.25) is 5.91 Å². The average molecular weight is 396 g/mol. The number of H-pyrrole nitrogens is 1. The molecule has 4 rings (SSSR count). The number of hydrogen-bond acceptors (Lipinski definition) is 4. The number of rotatable bonds is 6. The highest BCUT2D eigenvalue weighted by molar-refractivity contribution is 5.85. The molecule has 1 spiro atoms. The van der Waals surface area contributed by atoms with Gasteiger partial charge in [-0.1, -0.05) is 30.3 Å². The van der Waals surface area contributed by atoms with Gasteiger partial charge >= 0.3 is 5.69 Å². The van der Waals surface area contributed by atoms with Crippen LogP contribution in [-0.4, -0.2) is 58.0 Å². The quantitative estimate of drug-likeness (QED) is 0.783. The fourth-order valence-electron chi connectivity index (χ4n) is 4.62. The number of carbonyl (C=O) groups is 1. The minimum Gasteiger partial charge on any atom is -0.342 e. The van der Waals surface area contributed by atoms with Crippen LogP contribution in [0.15, 0.2) is 46.1 Å². The van der Waals surface area contributed by atoms with E-state index in [0.717, 1.165) is 56.6 Å². The molecule has 0 bridgehead atoms. The van der Waals surface area contributed by atoms with E-state index in [-0.39, 0.29) is 16.9 Å². The first-order valence-electron chi connectivity index (χ1n) is 10.3. The van der Waals surface area contributed by atoms with E-state index >= 15 is 0 Å². The Morgan fingerprint density at radius 3 is 2.55 bits per heavy atom. The van der Waals surface area contributed by atoms with Crippen molar-refractivity contribution in [1.82, 2.24) is 19.4 Å². The number of aromatic nitrogens is 2. The van der Waals surface area contributed by atoms with Crippen LogP contribution in [0.1, 0.15) is 24.0 Å². The van der Waals surface area contributed by atoms with E-state index in [0.29, 0.717) is 12.0 Å². The van der Waals surface area contributed by atoms with Crippen LogP contribution in [0, 0.1) is 5.41 Å². The smallest absolute Gasteiger partial charge is 0.328 e. The molecule has 2 saturated heterocycles. The van der Waals surface area contributed by atoms with Crippen LogP contribution in [0.4, 0.5) is 0 Å². The van der Waals surface area contributed by atoms with E-state index in [9.17, 15) is 14.4 Å². The van der Waals surface area contributed by atoms with Crippen molar-refractivity contribution in [3.05, 3.63) is 68.5 Å². The maximum absolute atomic E-state index is 13.1. The first-order chi connectivity index (χ1) is 14.0. The summed E-state index contributed by atoms with van der Waals surface area (Å²) in [5.41, 5.74) is 0.969. The van der Waals surface area contributed by atoms with Gasteiger partial charge in [-0.15, -0.1) is 0 Å². The van der Waals surface area contributed by atoms with E-state index in [1.165, 1.54) is 18.8 Å². The molecule has 154 valence electrons. The largest absolute Gasteiger partial charge is 0.342 e. The molecule has 1 unspecified atom stereocenters. The van der Waals surface area contributed by atoms with Crippen LogP contribution in [0.5, 0.6) is 0 Å². The van der Waals surface area contributed by atoms with E-state index < -0.39 is 5.69 Å². The minimum atomic E-state index is -0.397. The molecular formula is C22H28N4O3. The third kappa shape index (κ3) is 3.92. The number of hydrogen-bond donors (Lipinski definition) is 1. The van der Waals surface area contributed by atoms with Crippen molar-refractivity contribution in [2.75, 3.05) is 32.7 Å². The van der Waals surface area contributed by atoms with Gasteiger partial charge in [0.15, 0.2) is 0 Å². The second kappa shape index (κ2) is 7.99. The van der Waals surface area contributed by atoms with Crippen LogP contribution in [0.25, 0.3) is 0 Å². The van der Waals surface area contributed by atoms with Gasteiger partial charge in [-0.2, -0.15) is 0 Å². The Morgan fingerprint density at radius 1 is 1.00 bits per heavy atom. The Labute approximate surface area is 170 Å². The summed E-state index contributed by atoms with van der Waals surface area (Å²) in [5, 5.41) is 0. The first kappa shape index (κ1) is 19.6. The van der Waals surface area contributed by atoms with Crippen molar-refractivity contribution >= 4 is 5.91 Å². The number of benzene rings is 1. The second-order valence-corrected chi connectivity index (χ2v) is 8.32. The van der Waals surface area contributed by atoms with Gasteiger partial charge in [-0.05, 0) is 37.8 Å². The molecular weight excluding hydrogens is 368 g/mol. The summed E-state index contributed by atoms with van der Waals surface area (Å²) < 4.78 is 1.10. The number of likely N-dealkylation sites (tertiary alicyclic amines) is 2. The molecule has 0 saturated carbocycles. The molecule has 2 aliphatic heterocycles. The molecule has 29 heavy (non-hydrogen) atoms. The molecule has 7 heteroatoms. The number of aromatic amines is 1. The fourth-order valence-corrected chi connectivity index (χ4v) is 4.62. The van der Waals surface area contributed by atoms with Crippen molar-refractivity contribution in [1.29, 1.82) is 0 Å². The zero-order valence-corrected chi connectivity index (χ0v) is 16.9. The lowest BCUT2D eigenvalue weighted by Crippen LogP contribution is -2.38. The van der Waals surface area contributed by atoms with Gasteiger partial charge < -0.3 is 14.8 Å². The standard InChI is InChI=1S/C22H28N4O3/c1-24-19(27)18(15-23-21(24)29)8-11-25-13-9-22(16-25)10-14-26(20(22)28)12-7-17-5-3-2-4-6-17/h2-6,15H,7-14,16H2,1H3,(H,23,29). The summed E-state index contributed by atoms with van der Waals surface area (Å²) in [4.78, 5) is 43.7. The highest BCUT2D eigenvalue weighted by Crippen LogP contribution is 2.40. The van der Waals surface area contributed by atoms with Crippen molar-refractivity contribution in [3.8, 4) is 0 Å². The van der Waals surface area contributed by atoms with Gasteiger partial charge in [-0.3, -0.25) is 14.2 Å². The monoisotopic (exact) mass is 396 g/mol. The summed E-state index contributed by atoms with van der Waals surface area (Å²) in [6, 6.07) is 10.3. The fraction of sp³-hybridized carbons (Fsp3) is 0.500. The van der Waals surface area contributed by atoms with E-state index in [2.05, 4.69) is 22.0 Å². The topological polar surface area (TPSA) is 78.4 Å². The summed E-state index contributed by atoms with van der Waals surface area (Å²) in [7, 11) is 1.48. The molecule has 3 heterocycles. The Hall–Kier alpha value is -2.67. The molecule has 0 aliphatic carbocycles. The highest BCUT2D eigenvalue weighted by atomic mass is 16.2. The third-order valence-electron chi connectivity index (χ3n) is 6.50.